The fraction of sp³-hybridized carbons (Fsp3) is 0.500. The average molecular weight is 319 g/mol. The third-order valence-electron chi connectivity index (χ3n) is 3.11. The Hall–Kier alpha value is 0.0669. The van der Waals surface area contributed by atoms with Gasteiger partial charge in [-0.2, -0.15) is 0 Å². The summed E-state index contributed by atoms with van der Waals surface area (Å²) in [4.78, 5) is 0.888. The third-order valence-corrected chi connectivity index (χ3v) is 8.41. The summed E-state index contributed by atoms with van der Waals surface area (Å²) in [6, 6.07) is 5.91. The van der Waals surface area contributed by atoms with Gasteiger partial charge in [0.2, 0.25) is 0 Å². The molecular weight excluding hydrogens is 300 g/mol. The molecular formula is C12H19BrOSSi. The van der Waals surface area contributed by atoms with Gasteiger partial charge in [0, 0.05) is 4.90 Å². The maximum atomic E-state index is 6.24. The van der Waals surface area contributed by atoms with Crippen LogP contribution in [0.2, 0.25) is 18.1 Å². The first-order valence-corrected chi connectivity index (χ1v) is 9.46. The Bertz CT molecular complexity index is 365. The van der Waals surface area contributed by atoms with Gasteiger partial charge in [0.15, 0.2) is 0 Å². The number of hydrogen-bond donors (Lipinski definition) is 1. The zero-order valence-electron chi connectivity index (χ0n) is 10.5. The van der Waals surface area contributed by atoms with Crippen molar-refractivity contribution in [2.45, 2.75) is 43.8 Å². The highest BCUT2D eigenvalue weighted by molar-refractivity contribution is 9.10. The van der Waals surface area contributed by atoms with Crippen molar-refractivity contribution < 1.29 is 4.43 Å². The number of rotatable bonds is 2. The van der Waals surface area contributed by atoms with Crippen LogP contribution in [-0.2, 0) is 0 Å². The fourth-order valence-corrected chi connectivity index (χ4v) is 3.13. The van der Waals surface area contributed by atoms with E-state index in [0.717, 1.165) is 15.1 Å². The zero-order valence-corrected chi connectivity index (χ0v) is 13.9. The first-order chi connectivity index (χ1) is 7.15. The maximum Gasteiger partial charge on any atom is 0.250 e. The van der Waals surface area contributed by atoms with Crippen LogP contribution in [0.5, 0.6) is 5.75 Å². The number of para-hydroxylation sites is 1. The molecule has 1 aromatic rings. The van der Waals surface area contributed by atoms with Gasteiger partial charge in [-0.15, -0.1) is 12.6 Å². The van der Waals surface area contributed by atoms with E-state index >= 15 is 0 Å². The van der Waals surface area contributed by atoms with E-state index in [0.29, 0.717) is 0 Å². The molecule has 0 fully saturated rings. The second-order valence-corrected chi connectivity index (χ2v) is 11.5. The molecule has 1 aromatic carbocycles. The second-order valence-electron chi connectivity index (χ2n) is 5.45. The lowest BCUT2D eigenvalue weighted by atomic mass is 10.2. The molecule has 0 aliphatic rings. The Morgan fingerprint density at radius 1 is 1.25 bits per heavy atom. The molecule has 4 heteroatoms. The van der Waals surface area contributed by atoms with Crippen molar-refractivity contribution in [1.82, 2.24) is 0 Å². The van der Waals surface area contributed by atoms with Crippen molar-refractivity contribution in [3.63, 3.8) is 0 Å². The number of benzene rings is 1. The van der Waals surface area contributed by atoms with Gasteiger partial charge < -0.3 is 4.43 Å². The molecule has 0 heterocycles. The van der Waals surface area contributed by atoms with Gasteiger partial charge in [-0.3, -0.25) is 0 Å². The molecule has 16 heavy (non-hydrogen) atoms. The Morgan fingerprint density at radius 2 is 1.81 bits per heavy atom. The minimum absolute atomic E-state index is 0.197. The highest BCUT2D eigenvalue weighted by Gasteiger charge is 2.39. The summed E-state index contributed by atoms with van der Waals surface area (Å²) in [5.41, 5.74) is 0. The van der Waals surface area contributed by atoms with Crippen LogP contribution in [-0.4, -0.2) is 8.32 Å². The average Bonchev–Trinajstić information content (AvgIpc) is 2.10. The molecule has 90 valence electrons. The Balaban J connectivity index is 3.06. The molecule has 0 radical (unpaired) electrons. The highest BCUT2D eigenvalue weighted by Crippen LogP contribution is 2.41. The van der Waals surface area contributed by atoms with E-state index in [-0.39, 0.29) is 5.04 Å². The Labute approximate surface area is 113 Å². The maximum absolute atomic E-state index is 6.24. The van der Waals surface area contributed by atoms with E-state index in [1.54, 1.807) is 0 Å². The normalized spacial score (nSPS) is 12.7. The molecule has 0 saturated heterocycles. The lowest BCUT2D eigenvalue weighted by Crippen LogP contribution is -2.44. The van der Waals surface area contributed by atoms with Crippen molar-refractivity contribution in [3.8, 4) is 5.75 Å². The quantitative estimate of drug-likeness (QED) is 0.588. The largest absolute Gasteiger partial charge is 0.542 e. The molecule has 0 bridgehead atoms. The SMILES string of the molecule is CC(C)(C)[Si](C)(C)Oc1c(S)cccc1Br. The van der Waals surface area contributed by atoms with Crippen LogP contribution in [0.4, 0.5) is 0 Å². The molecule has 1 nitrogen and oxygen atoms in total. The third kappa shape index (κ3) is 3.05. The predicted octanol–water partition coefficient (Wildman–Crippen LogP) is 5.12. The van der Waals surface area contributed by atoms with E-state index < -0.39 is 8.32 Å². The molecule has 0 spiro atoms. The van der Waals surface area contributed by atoms with Crippen LogP contribution in [0.25, 0.3) is 0 Å². The lowest BCUT2D eigenvalue weighted by molar-refractivity contribution is 0.481. The van der Waals surface area contributed by atoms with Gasteiger partial charge in [0.05, 0.1) is 4.47 Å². The van der Waals surface area contributed by atoms with Crippen LogP contribution >= 0.6 is 28.6 Å². The number of halogens is 1. The van der Waals surface area contributed by atoms with E-state index in [1.807, 2.05) is 18.2 Å². The van der Waals surface area contributed by atoms with Crippen LogP contribution in [0.15, 0.2) is 27.6 Å². The van der Waals surface area contributed by atoms with Gasteiger partial charge in [0.1, 0.15) is 5.75 Å². The minimum atomic E-state index is -1.79. The first kappa shape index (κ1) is 14.1. The minimum Gasteiger partial charge on any atom is -0.542 e. The molecule has 0 saturated carbocycles. The summed E-state index contributed by atoms with van der Waals surface area (Å²) in [6.07, 6.45) is 0. The van der Waals surface area contributed by atoms with Crippen LogP contribution in [0.3, 0.4) is 0 Å². The standard InChI is InChI=1S/C12H19BrOSSi/c1-12(2,3)16(4,5)14-11-9(13)7-6-8-10(11)15/h6-8,15H,1-5H3. The molecule has 0 N–H and O–H groups in total. The molecule has 0 aromatic heterocycles. The van der Waals surface area contributed by atoms with Gasteiger partial charge in [-0.05, 0) is 46.2 Å². The Kier molecular flexibility index (Phi) is 4.19. The van der Waals surface area contributed by atoms with Crippen LogP contribution < -0.4 is 4.43 Å². The summed E-state index contributed by atoms with van der Waals surface area (Å²) in [5, 5.41) is 0.197. The van der Waals surface area contributed by atoms with Gasteiger partial charge >= 0.3 is 0 Å². The lowest BCUT2D eigenvalue weighted by Gasteiger charge is -2.37. The van der Waals surface area contributed by atoms with Crippen LogP contribution in [0.1, 0.15) is 20.8 Å². The van der Waals surface area contributed by atoms with Crippen molar-refractivity contribution in [3.05, 3.63) is 22.7 Å². The fourth-order valence-electron chi connectivity index (χ4n) is 1.01. The van der Waals surface area contributed by atoms with Gasteiger partial charge in [-0.25, -0.2) is 0 Å². The molecule has 0 aliphatic carbocycles. The number of hydrogen-bond acceptors (Lipinski definition) is 2. The van der Waals surface area contributed by atoms with Gasteiger partial charge in [-0.1, -0.05) is 26.8 Å². The van der Waals surface area contributed by atoms with Crippen molar-refractivity contribution in [2.24, 2.45) is 0 Å². The zero-order chi connectivity index (χ0) is 12.6. The molecule has 0 unspecified atom stereocenters. The summed E-state index contributed by atoms with van der Waals surface area (Å²) in [5.74, 6) is 0.873. The van der Waals surface area contributed by atoms with Gasteiger partial charge in [0.25, 0.3) is 8.32 Å². The first-order valence-electron chi connectivity index (χ1n) is 5.31. The predicted molar refractivity (Wildman–Crippen MR) is 79.2 cm³/mol. The van der Waals surface area contributed by atoms with Crippen LogP contribution in [0, 0.1) is 0 Å². The highest BCUT2D eigenvalue weighted by atomic mass is 79.9. The number of thiol groups is 1. The topological polar surface area (TPSA) is 9.23 Å². The van der Waals surface area contributed by atoms with Crippen molar-refractivity contribution >= 4 is 36.9 Å². The molecule has 0 amide bonds. The van der Waals surface area contributed by atoms with Crippen molar-refractivity contribution in [2.75, 3.05) is 0 Å². The van der Waals surface area contributed by atoms with E-state index in [1.165, 1.54) is 0 Å². The molecule has 1 rings (SSSR count). The monoisotopic (exact) mass is 318 g/mol. The second kappa shape index (κ2) is 4.74. The Morgan fingerprint density at radius 3 is 2.25 bits per heavy atom. The van der Waals surface area contributed by atoms with E-state index in [4.69, 9.17) is 4.43 Å². The summed E-state index contributed by atoms with van der Waals surface area (Å²) < 4.78 is 7.22. The summed E-state index contributed by atoms with van der Waals surface area (Å²) in [7, 11) is -1.79. The van der Waals surface area contributed by atoms with E-state index in [9.17, 15) is 0 Å². The van der Waals surface area contributed by atoms with Crippen molar-refractivity contribution in [1.29, 1.82) is 0 Å². The molecule has 0 atom stereocenters. The summed E-state index contributed by atoms with van der Waals surface area (Å²) in [6.45, 7) is 11.2. The van der Waals surface area contributed by atoms with E-state index in [2.05, 4.69) is 62.4 Å². The smallest absolute Gasteiger partial charge is 0.250 e. The summed E-state index contributed by atoms with van der Waals surface area (Å²) >= 11 is 7.96. The molecule has 0 aliphatic heterocycles.